The largest absolute Gasteiger partial charge is 0.497 e. The van der Waals surface area contributed by atoms with Gasteiger partial charge in [-0.15, -0.1) is 24.2 Å². The maximum absolute atomic E-state index is 12.1. The summed E-state index contributed by atoms with van der Waals surface area (Å²) >= 11 is 1.70. The fourth-order valence-corrected chi connectivity index (χ4v) is 3.16. The van der Waals surface area contributed by atoms with Crippen molar-refractivity contribution in [2.75, 3.05) is 26.0 Å². The van der Waals surface area contributed by atoms with Crippen LogP contribution < -0.4 is 10.5 Å². The maximum Gasteiger partial charge on any atom is 0.223 e. The molecule has 1 amide bonds. The Hall–Kier alpha value is -0.910. The van der Waals surface area contributed by atoms with Crippen LogP contribution in [0.2, 0.25) is 0 Å². The Morgan fingerprint density at radius 3 is 2.76 bits per heavy atom. The Kier molecular flexibility index (Phi) is 7.93. The second-order valence-electron chi connectivity index (χ2n) is 5.02. The van der Waals surface area contributed by atoms with Gasteiger partial charge in [0.25, 0.3) is 0 Å². The van der Waals surface area contributed by atoms with E-state index in [1.807, 2.05) is 29.2 Å². The fourth-order valence-electron chi connectivity index (χ4n) is 2.32. The van der Waals surface area contributed by atoms with Gasteiger partial charge in [-0.25, -0.2) is 0 Å². The van der Waals surface area contributed by atoms with Crippen LogP contribution >= 0.6 is 24.2 Å². The van der Waals surface area contributed by atoms with Crippen LogP contribution in [0.15, 0.2) is 29.2 Å². The maximum atomic E-state index is 12.1. The highest BCUT2D eigenvalue weighted by molar-refractivity contribution is 7.99. The standard InChI is InChI=1S/C15H22N2O2S.ClH/c1-19-13-4-6-14(7-5-13)20-10-8-15(18)17-9-2-3-12(16)11-17;/h4-7,12H,2-3,8-11,16H2,1H3;1H. The van der Waals surface area contributed by atoms with E-state index in [-0.39, 0.29) is 24.4 Å². The van der Waals surface area contributed by atoms with Gasteiger partial charge in [0.15, 0.2) is 0 Å². The minimum absolute atomic E-state index is 0. The molecule has 0 bridgehead atoms. The van der Waals surface area contributed by atoms with Crippen molar-refractivity contribution in [3.05, 3.63) is 24.3 Å². The number of hydrogen-bond donors (Lipinski definition) is 1. The van der Waals surface area contributed by atoms with Crippen molar-refractivity contribution in [1.29, 1.82) is 0 Å². The van der Waals surface area contributed by atoms with Gasteiger partial charge in [0.2, 0.25) is 5.91 Å². The summed E-state index contributed by atoms with van der Waals surface area (Å²) in [5.74, 6) is 1.88. The molecular formula is C15H23ClN2O2S. The van der Waals surface area contributed by atoms with E-state index in [9.17, 15) is 4.79 Å². The number of halogens is 1. The van der Waals surface area contributed by atoms with E-state index in [4.69, 9.17) is 10.5 Å². The number of nitrogens with two attached hydrogens (primary N) is 1. The average molecular weight is 331 g/mol. The fraction of sp³-hybridized carbons (Fsp3) is 0.533. The Morgan fingerprint density at radius 2 is 2.14 bits per heavy atom. The number of hydrogen-bond acceptors (Lipinski definition) is 4. The predicted octanol–water partition coefficient (Wildman–Crippen LogP) is 2.55. The zero-order valence-electron chi connectivity index (χ0n) is 12.3. The first kappa shape index (κ1) is 18.1. The van der Waals surface area contributed by atoms with Crippen LogP contribution in [0.1, 0.15) is 19.3 Å². The molecule has 2 rings (SSSR count). The molecule has 0 aromatic heterocycles. The van der Waals surface area contributed by atoms with Crippen molar-refractivity contribution < 1.29 is 9.53 Å². The molecule has 0 radical (unpaired) electrons. The van der Waals surface area contributed by atoms with E-state index in [1.165, 1.54) is 0 Å². The number of amides is 1. The molecule has 1 aromatic rings. The lowest BCUT2D eigenvalue weighted by Gasteiger charge is -2.30. The summed E-state index contributed by atoms with van der Waals surface area (Å²) in [6, 6.07) is 8.07. The van der Waals surface area contributed by atoms with E-state index in [2.05, 4.69) is 0 Å². The summed E-state index contributed by atoms with van der Waals surface area (Å²) in [6.45, 7) is 1.58. The van der Waals surface area contributed by atoms with Crippen molar-refractivity contribution in [2.45, 2.75) is 30.2 Å². The molecule has 1 fully saturated rings. The summed E-state index contributed by atoms with van der Waals surface area (Å²) in [6.07, 6.45) is 2.63. The number of likely N-dealkylation sites (tertiary alicyclic amines) is 1. The predicted molar refractivity (Wildman–Crippen MR) is 89.4 cm³/mol. The van der Waals surface area contributed by atoms with Crippen molar-refractivity contribution in [3.63, 3.8) is 0 Å². The van der Waals surface area contributed by atoms with Gasteiger partial charge >= 0.3 is 0 Å². The SMILES string of the molecule is COc1ccc(SCCC(=O)N2CCCC(N)C2)cc1.Cl. The van der Waals surface area contributed by atoms with Crippen LogP contribution in [0.3, 0.4) is 0 Å². The van der Waals surface area contributed by atoms with Crippen LogP contribution in [-0.2, 0) is 4.79 Å². The van der Waals surface area contributed by atoms with Gasteiger partial charge in [-0.05, 0) is 37.1 Å². The first-order chi connectivity index (χ1) is 9.69. The molecule has 6 heteroatoms. The minimum Gasteiger partial charge on any atom is -0.497 e. The number of thioether (sulfide) groups is 1. The molecule has 1 heterocycles. The third-order valence-corrected chi connectivity index (χ3v) is 4.47. The van der Waals surface area contributed by atoms with E-state index < -0.39 is 0 Å². The monoisotopic (exact) mass is 330 g/mol. The lowest BCUT2D eigenvalue weighted by Crippen LogP contribution is -2.45. The van der Waals surface area contributed by atoms with Crippen molar-refractivity contribution >= 4 is 30.1 Å². The van der Waals surface area contributed by atoms with E-state index in [0.29, 0.717) is 13.0 Å². The molecule has 1 unspecified atom stereocenters. The Balaban J connectivity index is 0.00000220. The summed E-state index contributed by atoms with van der Waals surface area (Å²) in [4.78, 5) is 15.1. The Labute approximate surface area is 136 Å². The second kappa shape index (κ2) is 9.18. The minimum atomic E-state index is 0. The van der Waals surface area contributed by atoms with Gasteiger partial charge in [-0.2, -0.15) is 0 Å². The smallest absolute Gasteiger partial charge is 0.223 e. The highest BCUT2D eigenvalue weighted by atomic mass is 35.5. The lowest BCUT2D eigenvalue weighted by molar-refractivity contribution is -0.131. The van der Waals surface area contributed by atoms with E-state index in [0.717, 1.165) is 35.8 Å². The molecule has 1 aliphatic rings. The zero-order chi connectivity index (χ0) is 14.4. The number of methoxy groups -OCH3 is 1. The van der Waals surface area contributed by atoms with Crippen LogP contribution in [0.4, 0.5) is 0 Å². The van der Waals surface area contributed by atoms with Gasteiger partial charge in [-0.3, -0.25) is 4.79 Å². The van der Waals surface area contributed by atoms with Gasteiger partial charge in [-0.1, -0.05) is 0 Å². The van der Waals surface area contributed by atoms with Crippen LogP contribution in [0.5, 0.6) is 5.75 Å². The molecule has 1 saturated heterocycles. The van der Waals surface area contributed by atoms with Gasteiger partial charge in [0.1, 0.15) is 5.75 Å². The van der Waals surface area contributed by atoms with Gasteiger partial charge in [0.05, 0.1) is 7.11 Å². The Bertz CT molecular complexity index is 442. The molecule has 1 atom stereocenters. The lowest BCUT2D eigenvalue weighted by atomic mass is 10.1. The van der Waals surface area contributed by atoms with Gasteiger partial charge < -0.3 is 15.4 Å². The number of ether oxygens (including phenoxy) is 1. The number of rotatable bonds is 5. The summed E-state index contributed by atoms with van der Waals surface area (Å²) in [5.41, 5.74) is 5.90. The third kappa shape index (κ3) is 5.77. The van der Waals surface area contributed by atoms with Crippen molar-refractivity contribution in [2.24, 2.45) is 5.73 Å². The number of carbonyl (C=O) groups is 1. The van der Waals surface area contributed by atoms with E-state index in [1.54, 1.807) is 18.9 Å². The van der Waals surface area contributed by atoms with Gasteiger partial charge in [0, 0.05) is 36.2 Å². The number of benzene rings is 1. The number of carbonyl (C=O) groups excluding carboxylic acids is 1. The molecule has 2 N–H and O–H groups in total. The molecule has 1 aliphatic heterocycles. The molecular weight excluding hydrogens is 308 g/mol. The first-order valence-corrected chi connectivity index (χ1v) is 7.98. The summed E-state index contributed by atoms with van der Waals surface area (Å²) in [7, 11) is 1.66. The van der Waals surface area contributed by atoms with Crippen LogP contribution in [0.25, 0.3) is 0 Å². The molecule has 0 aliphatic carbocycles. The normalized spacial score (nSPS) is 18.0. The zero-order valence-corrected chi connectivity index (χ0v) is 13.9. The topological polar surface area (TPSA) is 55.6 Å². The average Bonchev–Trinajstić information content (AvgIpc) is 2.48. The van der Waals surface area contributed by atoms with Crippen LogP contribution in [0, 0.1) is 0 Å². The molecule has 0 saturated carbocycles. The summed E-state index contributed by atoms with van der Waals surface area (Å²) < 4.78 is 5.12. The molecule has 21 heavy (non-hydrogen) atoms. The van der Waals surface area contributed by atoms with Crippen molar-refractivity contribution in [1.82, 2.24) is 4.90 Å². The highest BCUT2D eigenvalue weighted by Gasteiger charge is 2.20. The Morgan fingerprint density at radius 1 is 1.43 bits per heavy atom. The molecule has 0 spiro atoms. The quantitative estimate of drug-likeness (QED) is 0.843. The van der Waals surface area contributed by atoms with Crippen LogP contribution in [-0.4, -0.2) is 42.8 Å². The molecule has 1 aromatic carbocycles. The number of piperidine rings is 1. The first-order valence-electron chi connectivity index (χ1n) is 6.99. The molecule has 4 nitrogen and oxygen atoms in total. The third-order valence-electron chi connectivity index (χ3n) is 3.45. The second-order valence-corrected chi connectivity index (χ2v) is 6.18. The number of nitrogens with zero attached hydrogens (tertiary/aromatic N) is 1. The highest BCUT2D eigenvalue weighted by Crippen LogP contribution is 2.22. The summed E-state index contributed by atoms with van der Waals surface area (Å²) in [5, 5.41) is 0. The van der Waals surface area contributed by atoms with Crippen molar-refractivity contribution in [3.8, 4) is 5.75 Å². The van der Waals surface area contributed by atoms with E-state index >= 15 is 0 Å². The molecule has 118 valence electrons.